The Labute approximate surface area is 198 Å². The summed E-state index contributed by atoms with van der Waals surface area (Å²) in [7, 11) is 2.94. The van der Waals surface area contributed by atoms with Crippen LogP contribution in [0.1, 0.15) is 106 Å². The first-order valence-electron chi connectivity index (χ1n) is 10.1. The van der Waals surface area contributed by atoms with Gasteiger partial charge in [0.25, 0.3) is 0 Å². The van der Waals surface area contributed by atoms with E-state index in [1.807, 2.05) is 0 Å². The van der Waals surface area contributed by atoms with Crippen LogP contribution >= 0.6 is 16.4 Å². The molecule has 2 aliphatic rings. The molecule has 0 saturated heterocycles. The second kappa shape index (κ2) is 15.5. The summed E-state index contributed by atoms with van der Waals surface area (Å²) in [5.74, 6) is 7.13. The maximum Gasteiger partial charge on any atom is 0.00118 e. The van der Waals surface area contributed by atoms with E-state index in [0.29, 0.717) is 10.8 Å². The third kappa shape index (κ3) is 17.8. The van der Waals surface area contributed by atoms with E-state index in [2.05, 4.69) is 53.1 Å². The minimum absolute atomic E-state index is 0. The van der Waals surface area contributed by atoms with Gasteiger partial charge in [-0.2, -0.15) is 0 Å². The Kier molecular flexibility index (Phi) is 17.9. The van der Waals surface area contributed by atoms with E-state index in [-0.39, 0.29) is 43.8 Å². The molecule has 2 aliphatic carbocycles. The topological polar surface area (TPSA) is 0 Å². The Balaban J connectivity index is 0. The van der Waals surface area contributed by atoms with Crippen molar-refractivity contribution in [3.05, 3.63) is 0 Å². The SMILES string of the molecule is CC(C)(C)[C]=PC1CCCCC1.CC(C)(C)[C]=PC1CCCCC1.[Ga].[I-]. The van der Waals surface area contributed by atoms with Gasteiger partial charge in [0.1, 0.15) is 0 Å². The van der Waals surface area contributed by atoms with Crippen molar-refractivity contribution in [1.82, 2.24) is 0 Å². The standard InChI is InChI=1S/2C11H20P.Ga.HI/c2*1-11(2,3)9-12-10-7-5-4-6-8-10;;/h2*10H,4-8H2,1-3H3;;1H/p-1. The molecule has 4 heteroatoms. The number of halogens is 1. The summed E-state index contributed by atoms with van der Waals surface area (Å²) in [6.45, 7) is 13.4. The molecule has 0 aromatic rings. The maximum atomic E-state index is 3.56. The van der Waals surface area contributed by atoms with Gasteiger partial charge in [0.2, 0.25) is 0 Å². The molecule has 2 fully saturated rings. The normalized spacial score (nSPS) is 20.2. The predicted molar refractivity (Wildman–Crippen MR) is 122 cm³/mol. The molecule has 149 valence electrons. The van der Waals surface area contributed by atoms with Gasteiger partial charge >= 0.3 is 0 Å². The van der Waals surface area contributed by atoms with Gasteiger partial charge in [-0.3, -0.25) is 0 Å². The van der Waals surface area contributed by atoms with Crippen LogP contribution in [0.5, 0.6) is 0 Å². The van der Waals surface area contributed by atoms with E-state index < -0.39 is 0 Å². The Morgan fingerprint density at radius 1 is 0.577 bits per heavy atom. The van der Waals surface area contributed by atoms with Crippen molar-refractivity contribution in [2.75, 3.05) is 0 Å². The van der Waals surface area contributed by atoms with Gasteiger partial charge in [-0.15, -0.1) is 0 Å². The first-order chi connectivity index (χ1) is 11.2. The molecule has 0 amide bonds. The average molecular weight is 563 g/mol. The molecular weight excluding hydrogens is 523 g/mol. The molecule has 0 nitrogen and oxygen atoms in total. The zero-order chi connectivity index (χ0) is 18.1. The van der Waals surface area contributed by atoms with E-state index in [4.69, 9.17) is 0 Å². The fourth-order valence-corrected chi connectivity index (χ4v) is 5.38. The number of rotatable bonds is 2. The summed E-state index contributed by atoms with van der Waals surface area (Å²) in [5, 5.41) is 0. The summed E-state index contributed by atoms with van der Waals surface area (Å²) in [6.07, 6.45) is 14.5. The third-order valence-electron chi connectivity index (χ3n) is 4.31. The minimum Gasteiger partial charge on any atom is -1.00 e. The number of hydrogen-bond acceptors (Lipinski definition) is 0. The average Bonchev–Trinajstić information content (AvgIpc) is 2.52. The van der Waals surface area contributed by atoms with Crippen molar-refractivity contribution in [1.29, 1.82) is 0 Å². The Bertz CT molecular complexity index is 344. The van der Waals surface area contributed by atoms with Crippen LogP contribution in [-0.2, 0) is 0 Å². The first-order valence-corrected chi connectivity index (χ1v) is 12.0. The van der Waals surface area contributed by atoms with Crippen molar-refractivity contribution < 1.29 is 24.0 Å². The second-order valence-corrected chi connectivity index (χ2v) is 12.0. The number of hydrogen-bond donors (Lipinski definition) is 0. The van der Waals surface area contributed by atoms with Crippen LogP contribution in [0.2, 0.25) is 0 Å². The van der Waals surface area contributed by atoms with Crippen molar-refractivity contribution >= 4 is 47.8 Å². The largest absolute Gasteiger partial charge is 1.00 e. The molecule has 26 heavy (non-hydrogen) atoms. The van der Waals surface area contributed by atoms with Crippen LogP contribution in [0.25, 0.3) is 0 Å². The third-order valence-corrected chi connectivity index (χ3v) is 7.68. The molecule has 0 spiro atoms. The van der Waals surface area contributed by atoms with Gasteiger partial charge in [0, 0.05) is 31.1 Å². The Morgan fingerprint density at radius 2 is 0.846 bits per heavy atom. The summed E-state index contributed by atoms with van der Waals surface area (Å²) in [5.41, 5.74) is 2.44. The second-order valence-electron chi connectivity index (χ2n) is 9.57. The molecule has 0 atom stereocenters. The molecule has 0 heterocycles. The maximum absolute atomic E-state index is 3.56. The first kappa shape index (κ1) is 29.9. The van der Waals surface area contributed by atoms with Gasteiger partial charge in [0.05, 0.1) is 0 Å². The van der Waals surface area contributed by atoms with Gasteiger partial charge < -0.3 is 24.0 Å². The molecule has 0 N–H and O–H groups in total. The van der Waals surface area contributed by atoms with Crippen LogP contribution in [0.4, 0.5) is 0 Å². The van der Waals surface area contributed by atoms with Gasteiger partial charge in [-0.25, -0.2) is 0 Å². The van der Waals surface area contributed by atoms with E-state index in [0.717, 1.165) is 11.3 Å². The van der Waals surface area contributed by atoms with Crippen LogP contribution in [0.15, 0.2) is 0 Å². The summed E-state index contributed by atoms with van der Waals surface area (Å²) >= 11 is 0. The Morgan fingerprint density at radius 3 is 1.08 bits per heavy atom. The van der Waals surface area contributed by atoms with Gasteiger partial charge in [0.15, 0.2) is 0 Å². The van der Waals surface area contributed by atoms with Crippen LogP contribution in [-0.4, -0.2) is 42.7 Å². The summed E-state index contributed by atoms with van der Waals surface area (Å²) in [6, 6.07) is 0. The van der Waals surface area contributed by atoms with E-state index >= 15 is 0 Å². The summed E-state index contributed by atoms with van der Waals surface area (Å²) < 4.78 is 0. The molecule has 0 aliphatic heterocycles. The van der Waals surface area contributed by atoms with Crippen LogP contribution in [0.3, 0.4) is 0 Å². The van der Waals surface area contributed by atoms with Crippen molar-refractivity contribution in [3.8, 4) is 0 Å². The van der Waals surface area contributed by atoms with Crippen molar-refractivity contribution in [2.24, 2.45) is 10.8 Å². The summed E-state index contributed by atoms with van der Waals surface area (Å²) in [4.78, 5) is 0. The fourth-order valence-electron chi connectivity index (χ4n) is 2.99. The molecule has 2 rings (SSSR count). The molecule has 0 aromatic heterocycles. The molecule has 5 radical (unpaired) electrons. The fraction of sp³-hybridized carbons (Fsp3) is 0.909. The van der Waals surface area contributed by atoms with Crippen molar-refractivity contribution in [3.63, 3.8) is 0 Å². The molecular formula is C22H40GaIP2-. The van der Waals surface area contributed by atoms with Crippen molar-refractivity contribution in [2.45, 2.75) is 117 Å². The van der Waals surface area contributed by atoms with E-state index in [1.165, 1.54) is 80.6 Å². The zero-order valence-corrected chi connectivity index (χ0v) is 24.4. The van der Waals surface area contributed by atoms with Crippen LogP contribution < -0.4 is 24.0 Å². The quantitative estimate of drug-likeness (QED) is 0.262. The Hall–Kier alpha value is 1.71. The van der Waals surface area contributed by atoms with Gasteiger partial charge in [-0.1, -0.05) is 96.5 Å². The minimum atomic E-state index is 0. The van der Waals surface area contributed by atoms with Crippen LogP contribution in [0, 0.1) is 10.8 Å². The monoisotopic (exact) mass is 562 g/mol. The van der Waals surface area contributed by atoms with E-state index in [9.17, 15) is 0 Å². The molecule has 0 aromatic carbocycles. The predicted octanol–water partition coefficient (Wildman–Crippen LogP) is 4.60. The molecule has 0 unspecified atom stereocenters. The molecule has 0 bridgehead atoms. The van der Waals surface area contributed by atoms with Gasteiger partial charge in [-0.05, 0) is 48.1 Å². The smallest absolute Gasteiger partial charge is 0.00118 e. The zero-order valence-electron chi connectivity index (χ0n) is 18.1. The molecule has 2 saturated carbocycles. The van der Waals surface area contributed by atoms with E-state index in [1.54, 1.807) is 0 Å².